The Kier molecular flexibility index (Phi) is 4.29. The van der Waals surface area contributed by atoms with Gasteiger partial charge in [0.25, 0.3) is 10.0 Å². The fraction of sp³-hybridized carbons (Fsp3) is 0.267. The van der Waals surface area contributed by atoms with Gasteiger partial charge in [0, 0.05) is 12.2 Å². The molecule has 0 fully saturated rings. The van der Waals surface area contributed by atoms with Crippen LogP contribution in [0, 0.1) is 20.8 Å². The number of hydrogen-bond acceptors (Lipinski definition) is 4. The molecule has 0 unspecified atom stereocenters. The van der Waals surface area contributed by atoms with Crippen LogP contribution in [-0.4, -0.2) is 13.4 Å². The molecule has 0 amide bonds. The molecule has 0 aliphatic carbocycles. The molecule has 2 rings (SSSR count). The summed E-state index contributed by atoms with van der Waals surface area (Å²) in [6.45, 7) is 5.76. The second-order valence-electron chi connectivity index (χ2n) is 5.01. The maximum Gasteiger partial charge on any atom is 0.263 e. The molecule has 5 nitrogen and oxygen atoms in total. The predicted octanol–water partition coefficient (Wildman–Crippen LogP) is 2.27. The van der Waals surface area contributed by atoms with E-state index in [1.807, 2.05) is 26.0 Å². The number of nitrogens with one attached hydrogen (secondary N) is 1. The van der Waals surface area contributed by atoms with Crippen molar-refractivity contribution in [3.05, 3.63) is 52.7 Å². The van der Waals surface area contributed by atoms with Crippen LogP contribution in [0.5, 0.6) is 0 Å². The molecule has 1 aromatic carbocycles. The van der Waals surface area contributed by atoms with Gasteiger partial charge in [-0.2, -0.15) is 0 Å². The lowest BCUT2D eigenvalue weighted by molar-refractivity contribution is 0.600. The van der Waals surface area contributed by atoms with Crippen molar-refractivity contribution in [1.29, 1.82) is 0 Å². The van der Waals surface area contributed by atoms with Gasteiger partial charge in [-0.25, -0.2) is 13.4 Å². The lowest BCUT2D eigenvalue weighted by Crippen LogP contribution is -2.16. The summed E-state index contributed by atoms with van der Waals surface area (Å²) in [6, 6.07) is 8.70. The van der Waals surface area contributed by atoms with Crippen LogP contribution in [-0.2, 0) is 16.6 Å². The number of aryl methyl sites for hydroxylation is 2. The number of sulfonamides is 1. The molecule has 0 saturated carbocycles. The first-order valence-electron chi connectivity index (χ1n) is 6.60. The number of aromatic nitrogens is 1. The summed E-state index contributed by atoms with van der Waals surface area (Å²) in [7, 11) is -3.68. The molecule has 0 atom stereocenters. The lowest BCUT2D eigenvalue weighted by Gasteiger charge is -2.13. The summed E-state index contributed by atoms with van der Waals surface area (Å²) in [5.41, 5.74) is 8.78. The van der Waals surface area contributed by atoms with Crippen LogP contribution in [0.25, 0.3) is 0 Å². The largest absolute Gasteiger partial charge is 0.326 e. The lowest BCUT2D eigenvalue weighted by atomic mass is 10.1. The van der Waals surface area contributed by atoms with E-state index in [9.17, 15) is 8.42 Å². The molecule has 6 heteroatoms. The van der Waals surface area contributed by atoms with E-state index >= 15 is 0 Å². The van der Waals surface area contributed by atoms with E-state index in [0.29, 0.717) is 17.9 Å². The molecule has 0 radical (unpaired) electrons. The first kappa shape index (κ1) is 15.5. The third kappa shape index (κ3) is 3.40. The van der Waals surface area contributed by atoms with Crippen molar-refractivity contribution in [2.75, 3.05) is 4.72 Å². The fourth-order valence-corrected chi connectivity index (χ4v) is 3.46. The highest BCUT2D eigenvalue weighted by Gasteiger charge is 2.19. The van der Waals surface area contributed by atoms with E-state index in [1.54, 1.807) is 25.1 Å². The number of pyridine rings is 1. The van der Waals surface area contributed by atoms with Crippen molar-refractivity contribution in [3.8, 4) is 0 Å². The number of nitrogens with zero attached hydrogens (tertiary/aromatic N) is 1. The van der Waals surface area contributed by atoms with Gasteiger partial charge in [0.15, 0.2) is 0 Å². The molecule has 2 aromatic rings. The van der Waals surface area contributed by atoms with Crippen LogP contribution in [0.4, 0.5) is 5.82 Å². The minimum absolute atomic E-state index is 0.242. The molecular formula is C15H19N3O2S. The zero-order chi connectivity index (χ0) is 15.6. The Morgan fingerprint density at radius 2 is 1.90 bits per heavy atom. The highest BCUT2D eigenvalue weighted by Crippen LogP contribution is 2.23. The smallest absolute Gasteiger partial charge is 0.263 e. The molecule has 112 valence electrons. The fourth-order valence-electron chi connectivity index (χ4n) is 2.09. The van der Waals surface area contributed by atoms with Crippen molar-refractivity contribution in [2.45, 2.75) is 32.2 Å². The van der Waals surface area contributed by atoms with E-state index in [1.165, 1.54) is 0 Å². The average molecular weight is 305 g/mol. The number of nitrogens with two attached hydrogens (primary N) is 1. The summed E-state index contributed by atoms with van der Waals surface area (Å²) in [4.78, 5) is 4.41. The van der Waals surface area contributed by atoms with E-state index in [2.05, 4.69) is 9.71 Å². The van der Waals surface area contributed by atoms with Gasteiger partial charge in [-0.05, 0) is 55.7 Å². The second-order valence-corrected chi connectivity index (χ2v) is 6.66. The van der Waals surface area contributed by atoms with Crippen LogP contribution >= 0.6 is 0 Å². The van der Waals surface area contributed by atoms with Crippen LogP contribution in [0.15, 0.2) is 35.2 Å². The third-order valence-electron chi connectivity index (χ3n) is 3.33. The van der Waals surface area contributed by atoms with Gasteiger partial charge in [-0.15, -0.1) is 0 Å². The monoisotopic (exact) mass is 305 g/mol. The SMILES string of the molecule is Cc1cccc(NS(=O)(=O)c2cc(CN)cc(C)c2C)n1. The Bertz CT molecular complexity index is 770. The Hall–Kier alpha value is -1.92. The Labute approximate surface area is 125 Å². The molecule has 0 aliphatic heterocycles. The minimum Gasteiger partial charge on any atom is -0.326 e. The van der Waals surface area contributed by atoms with E-state index < -0.39 is 10.0 Å². The summed E-state index contributed by atoms with van der Waals surface area (Å²) >= 11 is 0. The van der Waals surface area contributed by atoms with Crippen molar-refractivity contribution in [3.63, 3.8) is 0 Å². The highest BCUT2D eigenvalue weighted by molar-refractivity contribution is 7.92. The Balaban J connectivity index is 2.47. The highest BCUT2D eigenvalue weighted by atomic mass is 32.2. The van der Waals surface area contributed by atoms with Crippen LogP contribution in [0.2, 0.25) is 0 Å². The topological polar surface area (TPSA) is 85.1 Å². The van der Waals surface area contributed by atoms with Crippen LogP contribution in [0.1, 0.15) is 22.4 Å². The summed E-state index contributed by atoms with van der Waals surface area (Å²) in [5.74, 6) is 0.310. The molecule has 3 N–H and O–H groups in total. The molecule has 1 aromatic heterocycles. The number of benzene rings is 1. The maximum absolute atomic E-state index is 12.6. The normalized spacial score (nSPS) is 11.4. The molecule has 1 heterocycles. The molecule has 0 saturated heterocycles. The van der Waals surface area contributed by atoms with Crippen molar-refractivity contribution in [2.24, 2.45) is 5.73 Å². The Morgan fingerprint density at radius 3 is 2.52 bits per heavy atom. The molecule has 0 spiro atoms. The third-order valence-corrected chi connectivity index (χ3v) is 4.81. The number of anilines is 1. The number of hydrogen-bond donors (Lipinski definition) is 2. The predicted molar refractivity (Wildman–Crippen MR) is 83.6 cm³/mol. The summed E-state index contributed by atoms with van der Waals surface area (Å²) in [6.07, 6.45) is 0. The quantitative estimate of drug-likeness (QED) is 0.907. The van der Waals surface area contributed by atoms with Gasteiger partial charge in [-0.1, -0.05) is 12.1 Å². The average Bonchev–Trinajstić information content (AvgIpc) is 2.41. The van der Waals surface area contributed by atoms with Crippen molar-refractivity contribution < 1.29 is 8.42 Å². The summed E-state index contributed by atoms with van der Waals surface area (Å²) in [5, 5.41) is 0. The first-order valence-corrected chi connectivity index (χ1v) is 8.08. The first-order chi connectivity index (χ1) is 9.83. The zero-order valence-electron chi connectivity index (χ0n) is 12.3. The van der Waals surface area contributed by atoms with E-state index in [0.717, 1.165) is 16.8 Å². The summed E-state index contributed by atoms with van der Waals surface area (Å²) < 4.78 is 27.6. The number of rotatable bonds is 4. The van der Waals surface area contributed by atoms with E-state index in [-0.39, 0.29) is 4.90 Å². The van der Waals surface area contributed by atoms with Gasteiger partial charge in [0.2, 0.25) is 0 Å². The molecule has 21 heavy (non-hydrogen) atoms. The van der Waals surface area contributed by atoms with Gasteiger partial charge in [-0.3, -0.25) is 4.72 Å². The minimum atomic E-state index is -3.68. The van der Waals surface area contributed by atoms with E-state index in [4.69, 9.17) is 5.73 Å². The van der Waals surface area contributed by atoms with Crippen molar-refractivity contribution >= 4 is 15.8 Å². The second kappa shape index (κ2) is 5.83. The zero-order valence-corrected chi connectivity index (χ0v) is 13.2. The van der Waals surface area contributed by atoms with Gasteiger partial charge >= 0.3 is 0 Å². The van der Waals surface area contributed by atoms with Gasteiger partial charge in [0.05, 0.1) is 4.90 Å². The standard InChI is InChI=1S/C15H19N3O2S/c1-10-7-13(9-16)8-14(12(10)3)21(19,20)18-15-6-4-5-11(2)17-15/h4-8H,9,16H2,1-3H3,(H,17,18). The molecule has 0 aliphatic rings. The van der Waals surface area contributed by atoms with Crippen LogP contribution in [0.3, 0.4) is 0 Å². The molecule has 0 bridgehead atoms. The molecular weight excluding hydrogens is 286 g/mol. The van der Waals surface area contributed by atoms with Gasteiger partial charge in [0.1, 0.15) is 5.82 Å². The maximum atomic E-state index is 12.6. The van der Waals surface area contributed by atoms with Crippen molar-refractivity contribution in [1.82, 2.24) is 4.98 Å². The van der Waals surface area contributed by atoms with Gasteiger partial charge < -0.3 is 5.73 Å². The van der Waals surface area contributed by atoms with Crippen LogP contribution < -0.4 is 10.5 Å². The Morgan fingerprint density at radius 1 is 1.19 bits per heavy atom.